The summed E-state index contributed by atoms with van der Waals surface area (Å²) in [5, 5.41) is 4.20. The van der Waals surface area contributed by atoms with Crippen LogP contribution in [0.25, 0.3) is 5.65 Å². The van der Waals surface area contributed by atoms with E-state index in [9.17, 15) is 4.79 Å². The molecule has 5 heterocycles. The Morgan fingerprint density at radius 2 is 2.09 bits per heavy atom. The monoisotopic (exact) mass is 438 g/mol. The predicted molar refractivity (Wildman–Crippen MR) is 115 cm³/mol. The molecule has 0 amide bonds. The topological polar surface area (TPSA) is 70.7 Å². The van der Waals surface area contributed by atoms with Crippen molar-refractivity contribution in [3.8, 4) is 5.75 Å². The molecular formula is C24H27FN4O3. The number of Topliss-reactive ketones (excluding diaryl/α,β-unsaturated/α-hetero) is 1. The number of ether oxygens (including phenoxy) is 2. The summed E-state index contributed by atoms with van der Waals surface area (Å²) in [6, 6.07) is 1.68. The molecule has 32 heavy (non-hydrogen) atoms. The fraction of sp³-hybridized carbons (Fsp3) is 0.542. The summed E-state index contributed by atoms with van der Waals surface area (Å²) in [4.78, 5) is 17.6. The van der Waals surface area contributed by atoms with Gasteiger partial charge in [-0.1, -0.05) is 0 Å². The van der Waals surface area contributed by atoms with Gasteiger partial charge in [0.15, 0.2) is 17.2 Å². The van der Waals surface area contributed by atoms with Crippen molar-refractivity contribution >= 4 is 11.4 Å². The molecule has 2 aliphatic heterocycles. The Kier molecular flexibility index (Phi) is 4.28. The lowest BCUT2D eigenvalue weighted by molar-refractivity contribution is 0.0154. The van der Waals surface area contributed by atoms with Crippen LogP contribution in [-0.2, 0) is 23.6 Å². The van der Waals surface area contributed by atoms with Gasteiger partial charge in [0.1, 0.15) is 5.69 Å². The first-order valence-electron chi connectivity index (χ1n) is 11.4. The molecule has 2 saturated heterocycles. The van der Waals surface area contributed by atoms with E-state index < -0.39 is 5.82 Å². The number of halogens is 1. The number of aryl methyl sites for hydroxylation is 1. The van der Waals surface area contributed by atoms with Crippen LogP contribution in [0.3, 0.4) is 0 Å². The zero-order chi connectivity index (χ0) is 22.1. The summed E-state index contributed by atoms with van der Waals surface area (Å²) in [5.41, 5.74) is 1.78. The van der Waals surface area contributed by atoms with E-state index in [0.29, 0.717) is 17.9 Å². The highest BCUT2D eigenvalue weighted by Gasteiger charge is 2.61. The van der Waals surface area contributed by atoms with Crippen molar-refractivity contribution < 1.29 is 18.7 Å². The first kappa shape index (κ1) is 19.9. The molecule has 0 aromatic carbocycles. The van der Waals surface area contributed by atoms with E-state index in [1.54, 1.807) is 34.6 Å². The van der Waals surface area contributed by atoms with Crippen LogP contribution in [0.15, 0.2) is 24.7 Å². The Labute approximate surface area is 185 Å². The molecule has 168 valence electrons. The van der Waals surface area contributed by atoms with Crippen molar-refractivity contribution in [3.05, 3.63) is 47.4 Å². The summed E-state index contributed by atoms with van der Waals surface area (Å²) in [6.07, 6.45) is 11.2. The Hall–Kier alpha value is -2.74. The molecule has 2 aliphatic carbocycles. The van der Waals surface area contributed by atoms with E-state index in [2.05, 4.69) is 17.0 Å². The van der Waals surface area contributed by atoms with Gasteiger partial charge in [0.05, 0.1) is 24.0 Å². The predicted octanol–water partition coefficient (Wildman–Crippen LogP) is 3.77. The number of rotatable bonds is 6. The van der Waals surface area contributed by atoms with Crippen LogP contribution in [0, 0.1) is 5.82 Å². The van der Waals surface area contributed by atoms with Crippen LogP contribution in [0.5, 0.6) is 5.75 Å². The molecule has 8 heteroatoms. The van der Waals surface area contributed by atoms with Crippen LogP contribution >= 0.6 is 0 Å². The quantitative estimate of drug-likeness (QED) is 0.548. The second-order valence-corrected chi connectivity index (χ2v) is 10.0. The highest BCUT2D eigenvalue weighted by molar-refractivity contribution is 5.96. The van der Waals surface area contributed by atoms with E-state index in [1.807, 2.05) is 6.20 Å². The fourth-order valence-electron chi connectivity index (χ4n) is 5.78. The average Bonchev–Trinajstić information content (AvgIpc) is 3.52. The number of nitrogens with zero attached hydrogens (tertiary/aromatic N) is 4. The molecule has 2 saturated carbocycles. The van der Waals surface area contributed by atoms with Crippen molar-refractivity contribution in [2.75, 3.05) is 6.61 Å². The molecule has 0 radical (unpaired) electrons. The van der Waals surface area contributed by atoms with Crippen molar-refractivity contribution in [3.63, 3.8) is 0 Å². The highest BCUT2D eigenvalue weighted by atomic mass is 19.1. The second kappa shape index (κ2) is 6.88. The zero-order valence-corrected chi connectivity index (χ0v) is 18.4. The van der Waals surface area contributed by atoms with E-state index in [4.69, 9.17) is 9.47 Å². The SMILES string of the molecule is Cn1ccc(C(=O)Cc2cn3cc(C45COC(C)(C4)C5)nc3c(F)c2OC2CCCC2)n1. The second-order valence-electron chi connectivity index (χ2n) is 10.0. The maximum Gasteiger partial charge on any atom is 0.208 e. The Balaban J connectivity index is 1.40. The number of hydrogen-bond acceptors (Lipinski definition) is 5. The minimum atomic E-state index is -0.494. The molecule has 0 N–H and O–H groups in total. The third kappa shape index (κ3) is 3.07. The molecule has 3 aromatic heterocycles. The maximum absolute atomic E-state index is 15.8. The molecule has 0 spiro atoms. The molecule has 7 nitrogen and oxygen atoms in total. The first-order valence-corrected chi connectivity index (χ1v) is 11.4. The average molecular weight is 439 g/mol. The van der Waals surface area contributed by atoms with Gasteiger partial charge in [0, 0.05) is 43.0 Å². The molecule has 7 rings (SSSR count). The van der Waals surface area contributed by atoms with E-state index in [0.717, 1.165) is 44.2 Å². The van der Waals surface area contributed by atoms with Gasteiger partial charge in [0.25, 0.3) is 0 Å². The van der Waals surface area contributed by atoms with E-state index in [-0.39, 0.29) is 40.7 Å². The van der Waals surface area contributed by atoms with E-state index in [1.165, 1.54) is 0 Å². The fourth-order valence-corrected chi connectivity index (χ4v) is 5.78. The number of pyridine rings is 1. The van der Waals surface area contributed by atoms with Gasteiger partial charge in [-0.3, -0.25) is 9.48 Å². The Morgan fingerprint density at radius 3 is 2.75 bits per heavy atom. The van der Waals surface area contributed by atoms with Gasteiger partial charge in [-0.25, -0.2) is 4.98 Å². The molecule has 4 aliphatic rings. The Morgan fingerprint density at radius 1 is 1.31 bits per heavy atom. The zero-order valence-electron chi connectivity index (χ0n) is 18.4. The maximum atomic E-state index is 15.8. The summed E-state index contributed by atoms with van der Waals surface area (Å²) < 4.78 is 31.1. The van der Waals surface area contributed by atoms with Crippen molar-refractivity contribution in [2.45, 2.75) is 69.0 Å². The van der Waals surface area contributed by atoms with Crippen LogP contribution in [0.2, 0.25) is 0 Å². The normalized spacial score (nSPS) is 27.2. The number of carbonyl (C=O) groups is 1. The largest absolute Gasteiger partial charge is 0.487 e. The molecule has 0 atom stereocenters. The summed E-state index contributed by atoms with van der Waals surface area (Å²) in [6.45, 7) is 2.73. The lowest BCUT2D eigenvalue weighted by atomic mass is 9.62. The minimum Gasteiger partial charge on any atom is -0.487 e. The summed E-state index contributed by atoms with van der Waals surface area (Å²) in [5.74, 6) is -0.505. The molecule has 0 unspecified atom stereocenters. The van der Waals surface area contributed by atoms with Crippen LogP contribution < -0.4 is 4.74 Å². The van der Waals surface area contributed by atoms with E-state index >= 15 is 4.39 Å². The first-order chi connectivity index (χ1) is 15.3. The van der Waals surface area contributed by atoms with Crippen molar-refractivity contribution in [2.24, 2.45) is 7.05 Å². The van der Waals surface area contributed by atoms with Gasteiger partial charge < -0.3 is 13.9 Å². The lowest BCUT2D eigenvalue weighted by Crippen LogP contribution is -2.45. The molecular weight excluding hydrogens is 411 g/mol. The third-order valence-corrected chi connectivity index (χ3v) is 7.32. The van der Waals surface area contributed by atoms with Gasteiger partial charge >= 0.3 is 0 Å². The summed E-state index contributed by atoms with van der Waals surface area (Å²) >= 11 is 0. The number of ketones is 1. The number of imidazole rings is 1. The third-order valence-electron chi connectivity index (χ3n) is 7.32. The minimum absolute atomic E-state index is 0.0196. The van der Waals surface area contributed by atoms with Crippen molar-refractivity contribution in [1.82, 2.24) is 19.2 Å². The smallest absolute Gasteiger partial charge is 0.208 e. The number of carbonyl (C=O) groups excluding carboxylic acids is 1. The highest BCUT2D eigenvalue weighted by Crippen LogP contribution is 2.58. The Bertz CT molecular complexity index is 1220. The van der Waals surface area contributed by atoms with Gasteiger partial charge in [-0.05, 0) is 51.5 Å². The van der Waals surface area contributed by atoms with Crippen LogP contribution in [0.4, 0.5) is 4.39 Å². The molecule has 3 aromatic rings. The van der Waals surface area contributed by atoms with Gasteiger partial charge in [0.2, 0.25) is 5.82 Å². The van der Waals surface area contributed by atoms with Gasteiger partial charge in [-0.15, -0.1) is 0 Å². The van der Waals surface area contributed by atoms with Crippen molar-refractivity contribution in [1.29, 1.82) is 0 Å². The van der Waals surface area contributed by atoms with Crippen LogP contribution in [0.1, 0.15) is 67.2 Å². The number of fused-ring (bicyclic) bond motifs is 2. The van der Waals surface area contributed by atoms with Crippen LogP contribution in [-0.4, -0.2) is 43.3 Å². The standard InChI is InChI=1S/C24H27FN4O3/c1-23-12-24(13-23,14-31-23)19-11-29-10-15(9-18(30)17-7-8-28(2)27-17)21(20(25)22(29)26-19)32-16-5-3-4-6-16/h7-8,10-11,16H,3-6,9,12-14H2,1-2H3. The number of hydrogen-bond donors (Lipinski definition) is 0. The molecule has 4 fully saturated rings. The van der Waals surface area contributed by atoms with Gasteiger partial charge in [-0.2, -0.15) is 9.49 Å². The summed E-state index contributed by atoms with van der Waals surface area (Å²) in [7, 11) is 1.77. The number of aromatic nitrogens is 4. The molecule has 2 bridgehead atoms. The lowest BCUT2D eigenvalue weighted by Gasteiger charge is -2.41.